The highest BCUT2D eigenvalue weighted by Gasteiger charge is 2.31. The summed E-state index contributed by atoms with van der Waals surface area (Å²) >= 11 is 5.87. The molecule has 0 unspecified atom stereocenters. The Bertz CT molecular complexity index is 1130. The van der Waals surface area contributed by atoms with Gasteiger partial charge < -0.3 is 9.88 Å². The van der Waals surface area contributed by atoms with Crippen LogP contribution >= 0.6 is 11.6 Å². The van der Waals surface area contributed by atoms with Gasteiger partial charge in [-0.1, -0.05) is 23.7 Å². The molecule has 0 aliphatic heterocycles. The number of nitrogens with zero attached hydrogens (tertiary/aromatic N) is 1. The summed E-state index contributed by atoms with van der Waals surface area (Å²) in [6.45, 7) is 0.0159. The Morgan fingerprint density at radius 3 is 2.52 bits per heavy atom. The van der Waals surface area contributed by atoms with Gasteiger partial charge in [0.05, 0.1) is 22.8 Å². The van der Waals surface area contributed by atoms with Crippen molar-refractivity contribution in [1.82, 2.24) is 4.57 Å². The first-order valence-electron chi connectivity index (χ1n) is 8.27. The molecule has 3 aromatic rings. The third-order valence-electron chi connectivity index (χ3n) is 4.05. The number of carbonyl (C=O) groups excluding carboxylic acids is 1. The maximum atomic E-state index is 13.3. The second kappa shape index (κ2) is 8.08. The number of hydrogen-bond acceptors (Lipinski definition) is 2. The summed E-state index contributed by atoms with van der Waals surface area (Å²) < 4.78 is 53.2. The van der Waals surface area contributed by atoms with Gasteiger partial charge >= 0.3 is 6.18 Å². The number of nitrogens with one attached hydrogen (secondary N) is 1. The minimum Gasteiger partial charge on any atom is -0.320 e. The molecule has 2 aromatic carbocycles. The van der Waals surface area contributed by atoms with Crippen LogP contribution in [0.15, 0.2) is 65.6 Å². The molecule has 1 aromatic heterocycles. The topological polar surface area (TPSA) is 51.1 Å². The van der Waals surface area contributed by atoms with Crippen LogP contribution in [-0.4, -0.2) is 10.5 Å². The third-order valence-corrected chi connectivity index (χ3v) is 4.38. The smallest absolute Gasteiger partial charge is 0.320 e. The molecule has 0 aliphatic rings. The minimum atomic E-state index is -4.62. The highest BCUT2D eigenvalue weighted by Crippen LogP contribution is 2.33. The number of carbonyl (C=O) groups is 1. The van der Waals surface area contributed by atoms with Crippen molar-refractivity contribution in [2.45, 2.75) is 12.7 Å². The summed E-state index contributed by atoms with van der Waals surface area (Å²) in [5.74, 6) is -1.38. The molecular formula is C20H13ClF4N2O2. The average molecular weight is 425 g/mol. The molecule has 1 heterocycles. The van der Waals surface area contributed by atoms with Crippen LogP contribution in [0.4, 0.5) is 23.2 Å². The third kappa shape index (κ3) is 4.83. The standard InChI is InChI=1S/C20H13ClF4N2O2/c21-16-7-6-13(20(23,24)25)10-17(16)26-18(28)15-5-2-8-27(19(15)29)11-12-3-1-4-14(22)9-12/h1-10H,11H2,(H,26,28). The van der Waals surface area contributed by atoms with E-state index in [-0.39, 0.29) is 22.8 Å². The molecule has 0 atom stereocenters. The summed E-state index contributed by atoms with van der Waals surface area (Å²) in [6.07, 6.45) is -3.20. The Morgan fingerprint density at radius 1 is 1.07 bits per heavy atom. The summed E-state index contributed by atoms with van der Waals surface area (Å²) in [5, 5.41) is 2.13. The van der Waals surface area contributed by atoms with Gasteiger partial charge in [0.25, 0.3) is 11.5 Å². The number of hydrogen-bond donors (Lipinski definition) is 1. The SMILES string of the molecule is O=C(Nc1cc(C(F)(F)F)ccc1Cl)c1cccn(Cc2cccc(F)c2)c1=O. The number of aromatic nitrogens is 1. The zero-order chi connectivity index (χ0) is 21.2. The fourth-order valence-corrected chi connectivity index (χ4v) is 2.82. The first-order chi connectivity index (χ1) is 13.6. The second-order valence-corrected chi connectivity index (χ2v) is 6.54. The van der Waals surface area contributed by atoms with Crippen molar-refractivity contribution in [2.75, 3.05) is 5.32 Å². The Morgan fingerprint density at radius 2 is 1.83 bits per heavy atom. The van der Waals surface area contributed by atoms with Crippen molar-refractivity contribution in [1.29, 1.82) is 0 Å². The molecule has 0 fully saturated rings. The molecule has 29 heavy (non-hydrogen) atoms. The van der Waals surface area contributed by atoms with Gasteiger partial charge in [0.1, 0.15) is 11.4 Å². The molecule has 0 saturated heterocycles. The van der Waals surface area contributed by atoms with E-state index in [2.05, 4.69) is 5.32 Å². The van der Waals surface area contributed by atoms with E-state index in [1.165, 1.54) is 41.1 Å². The van der Waals surface area contributed by atoms with Crippen LogP contribution in [0, 0.1) is 5.82 Å². The maximum absolute atomic E-state index is 13.3. The Labute approximate surface area is 167 Å². The minimum absolute atomic E-state index is 0.0159. The van der Waals surface area contributed by atoms with Crippen LogP contribution in [0.25, 0.3) is 0 Å². The van der Waals surface area contributed by atoms with E-state index in [9.17, 15) is 27.2 Å². The van der Waals surface area contributed by atoms with E-state index in [0.29, 0.717) is 11.6 Å². The monoisotopic (exact) mass is 424 g/mol. The summed E-state index contributed by atoms with van der Waals surface area (Å²) in [4.78, 5) is 25.1. The summed E-state index contributed by atoms with van der Waals surface area (Å²) in [5.41, 5.74) is -1.74. The van der Waals surface area contributed by atoms with Crippen LogP contribution in [0.5, 0.6) is 0 Å². The van der Waals surface area contributed by atoms with Gasteiger partial charge in [0, 0.05) is 6.20 Å². The Hall–Kier alpha value is -3.13. The highest BCUT2D eigenvalue weighted by atomic mass is 35.5. The average Bonchev–Trinajstić information content (AvgIpc) is 2.64. The van der Waals surface area contributed by atoms with E-state index in [0.717, 1.165) is 12.1 Å². The Kier molecular flexibility index (Phi) is 5.74. The van der Waals surface area contributed by atoms with E-state index < -0.39 is 29.0 Å². The lowest BCUT2D eigenvalue weighted by molar-refractivity contribution is -0.137. The predicted molar refractivity (Wildman–Crippen MR) is 101 cm³/mol. The zero-order valence-electron chi connectivity index (χ0n) is 14.6. The van der Waals surface area contributed by atoms with Crippen molar-refractivity contribution in [3.63, 3.8) is 0 Å². The number of rotatable bonds is 4. The van der Waals surface area contributed by atoms with Crippen molar-refractivity contribution in [3.8, 4) is 0 Å². The molecule has 1 amide bonds. The van der Waals surface area contributed by atoms with Gasteiger partial charge in [-0.15, -0.1) is 0 Å². The lowest BCUT2D eigenvalue weighted by Gasteiger charge is -2.12. The molecule has 0 bridgehead atoms. The Balaban J connectivity index is 1.88. The first-order valence-corrected chi connectivity index (χ1v) is 8.65. The van der Waals surface area contributed by atoms with Gasteiger partial charge in [-0.3, -0.25) is 9.59 Å². The van der Waals surface area contributed by atoms with Crippen molar-refractivity contribution < 1.29 is 22.4 Å². The normalized spacial score (nSPS) is 11.3. The number of halogens is 5. The molecule has 1 N–H and O–H groups in total. The lowest BCUT2D eigenvalue weighted by atomic mass is 10.1. The van der Waals surface area contributed by atoms with Crippen LogP contribution in [0.2, 0.25) is 5.02 Å². The zero-order valence-corrected chi connectivity index (χ0v) is 15.4. The van der Waals surface area contributed by atoms with Crippen LogP contribution in [0.3, 0.4) is 0 Å². The largest absolute Gasteiger partial charge is 0.416 e. The van der Waals surface area contributed by atoms with Crippen LogP contribution in [0.1, 0.15) is 21.5 Å². The highest BCUT2D eigenvalue weighted by molar-refractivity contribution is 6.34. The van der Waals surface area contributed by atoms with Crippen LogP contribution in [-0.2, 0) is 12.7 Å². The molecule has 0 radical (unpaired) electrons. The summed E-state index contributed by atoms with van der Waals surface area (Å²) in [6, 6.07) is 10.8. The van der Waals surface area contributed by atoms with E-state index >= 15 is 0 Å². The van der Waals surface area contributed by atoms with E-state index in [1.807, 2.05) is 0 Å². The van der Waals surface area contributed by atoms with Gasteiger partial charge in [0.15, 0.2) is 0 Å². The van der Waals surface area contributed by atoms with Gasteiger partial charge in [-0.05, 0) is 48.0 Å². The number of anilines is 1. The molecule has 9 heteroatoms. The van der Waals surface area contributed by atoms with Gasteiger partial charge in [-0.25, -0.2) is 4.39 Å². The fourth-order valence-electron chi connectivity index (χ4n) is 2.65. The van der Waals surface area contributed by atoms with Gasteiger partial charge in [0.2, 0.25) is 0 Å². The number of alkyl halides is 3. The lowest BCUT2D eigenvalue weighted by Crippen LogP contribution is -2.29. The molecule has 0 saturated carbocycles. The predicted octanol–water partition coefficient (Wildman–Crippen LogP) is 4.96. The fraction of sp³-hybridized carbons (Fsp3) is 0.100. The molecule has 150 valence electrons. The van der Waals surface area contributed by atoms with Crippen molar-refractivity contribution in [2.24, 2.45) is 0 Å². The first kappa shape index (κ1) is 20.6. The maximum Gasteiger partial charge on any atom is 0.416 e. The molecule has 0 aliphatic carbocycles. The van der Waals surface area contributed by atoms with E-state index in [1.54, 1.807) is 6.07 Å². The second-order valence-electron chi connectivity index (χ2n) is 6.13. The number of benzene rings is 2. The molecule has 4 nitrogen and oxygen atoms in total. The molecule has 3 rings (SSSR count). The molecule has 0 spiro atoms. The van der Waals surface area contributed by atoms with Crippen LogP contribution < -0.4 is 10.9 Å². The number of amides is 1. The van der Waals surface area contributed by atoms with E-state index in [4.69, 9.17) is 11.6 Å². The number of pyridine rings is 1. The van der Waals surface area contributed by atoms with Gasteiger partial charge in [-0.2, -0.15) is 13.2 Å². The quantitative estimate of drug-likeness (QED) is 0.602. The van der Waals surface area contributed by atoms with Crippen molar-refractivity contribution in [3.05, 3.63) is 98.7 Å². The molecular weight excluding hydrogens is 412 g/mol. The van der Waals surface area contributed by atoms with Crippen molar-refractivity contribution >= 4 is 23.2 Å². The summed E-state index contributed by atoms with van der Waals surface area (Å²) in [7, 11) is 0.